The average Bonchev–Trinajstić information content (AvgIpc) is 2.90. The topological polar surface area (TPSA) is 29.3 Å². The van der Waals surface area contributed by atoms with Gasteiger partial charge in [0.2, 0.25) is 0 Å². The van der Waals surface area contributed by atoms with Crippen LogP contribution in [0.15, 0.2) is 42.5 Å². The number of benzene rings is 2. The Hall–Kier alpha value is -2.15. The van der Waals surface area contributed by atoms with Gasteiger partial charge in [0.25, 0.3) is 0 Å². The molecule has 0 fully saturated rings. The summed E-state index contributed by atoms with van der Waals surface area (Å²) in [6.45, 7) is 2.66. The maximum absolute atomic E-state index is 14.1. The Morgan fingerprint density at radius 1 is 1.10 bits per heavy atom. The third kappa shape index (κ3) is 3.13. The molecule has 0 radical (unpaired) electrons. The van der Waals surface area contributed by atoms with Crippen LogP contribution in [0.25, 0.3) is 0 Å². The number of halogens is 1. The van der Waals surface area contributed by atoms with E-state index < -0.39 is 0 Å². The molecule has 0 unspecified atom stereocenters. The number of nitrogens with zero attached hydrogens (tertiary/aromatic N) is 1. The van der Waals surface area contributed by atoms with Gasteiger partial charge in [0.15, 0.2) is 0 Å². The summed E-state index contributed by atoms with van der Waals surface area (Å²) in [4.78, 5) is 2.24. The third-order valence-corrected chi connectivity index (χ3v) is 3.69. The predicted octanol–water partition coefficient (Wildman–Crippen LogP) is 2.65. The van der Waals surface area contributed by atoms with Crippen LogP contribution in [0.5, 0.6) is 0 Å². The van der Waals surface area contributed by atoms with Crippen molar-refractivity contribution in [1.29, 1.82) is 0 Å². The minimum absolute atomic E-state index is 0.199. The lowest BCUT2D eigenvalue weighted by Gasteiger charge is -2.15. The molecule has 2 nitrogen and oxygen atoms in total. The van der Waals surface area contributed by atoms with Crippen molar-refractivity contribution in [3.05, 3.63) is 70.5 Å². The van der Waals surface area contributed by atoms with Crippen molar-refractivity contribution >= 4 is 0 Å². The smallest absolute Gasteiger partial charge is 0.128 e. The summed E-state index contributed by atoms with van der Waals surface area (Å²) in [5.74, 6) is 5.39. The van der Waals surface area contributed by atoms with Gasteiger partial charge in [0, 0.05) is 30.8 Å². The minimum atomic E-state index is -0.199. The van der Waals surface area contributed by atoms with Gasteiger partial charge in [0.1, 0.15) is 5.82 Å². The summed E-state index contributed by atoms with van der Waals surface area (Å²) >= 11 is 0. The zero-order chi connectivity index (χ0) is 14.7. The minimum Gasteiger partial charge on any atom is -0.320 e. The fraction of sp³-hybridized carbons (Fsp3) is 0.222. The Balaban J connectivity index is 1.72. The molecule has 0 amide bonds. The fourth-order valence-corrected chi connectivity index (χ4v) is 2.66. The molecule has 0 atom stereocenters. The lowest BCUT2D eigenvalue weighted by Crippen LogP contribution is -2.16. The van der Waals surface area contributed by atoms with E-state index in [4.69, 9.17) is 5.73 Å². The van der Waals surface area contributed by atoms with Crippen LogP contribution in [0.1, 0.15) is 22.3 Å². The number of fused-ring (bicyclic) bond motifs is 1. The Labute approximate surface area is 124 Å². The highest BCUT2D eigenvalue weighted by atomic mass is 19.1. The van der Waals surface area contributed by atoms with E-state index in [1.165, 1.54) is 17.2 Å². The molecule has 3 rings (SSSR count). The number of hydrogen-bond donors (Lipinski definition) is 1. The van der Waals surface area contributed by atoms with Crippen molar-refractivity contribution in [1.82, 2.24) is 4.90 Å². The Morgan fingerprint density at radius 3 is 2.43 bits per heavy atom. The molecule has 106 valence electrons. The maximum atomic E-state index is 14.1. The largest absolute Gasteiger partial charge is 0.320 e. The summed E-state index contributed by atoms with van der Waals surface area (Å²) < 4.78 is 14.1. The van der Waals surface area contributed by atoms with Crippen LogP contribution in [0.4, 0.5) is 4.39 Å². The van der Waals surface area contributed by atoms with E-state index in [0.29, 0.717) is 17.7 Å². The van der Waals surface area contributed by atoms with Gasteiger partial charge in [-0.1, -0.05) is 42.2 Å². The molecule has 0 bridgehead atoms. The van der Waals surface area contributed by atoms with Gasteiger partial charge in [-0.2, -0.15) is 0 Å². The van der Waals surface area contributed by atoms with Crippen LogP contribution in [-0.2, 0) is 19.6 Å². The Morgan fingerprint density at radius 2 is 1.81 bits per heavy atom. The normalized spacial score (nSPS) is 13.6. The van der Waals surface area contributed by atoms with Crippen molar-refractivity contribution in [3.63, 3.8) is 0 Å². The van der Waals surface area contributed by atoms with E-state index in [2.05, 4.69) is 28.9 Å². The molecule has 1 aliphatic heterocycles. The molecule has 0 saturated carbocycles. The van der Waals surface area contributed by atoms with Crippen molar-refractivity contribution < 1.29 is 4.39 Å². The quantitative estimate of drug-likeness (QED) is 0.857. The van der Waals surface area contributed by atoms with Crippen LogP contribution in [0, 0.1) is 17.7 Å². The standard InChI is InChI=1S/C18H17FN2/c19-18-10-14(4-3-9-20)7-8-17(18)13-21-11-15-5-1-2-6-16(15)12-21/h1-2,5-8,10H,9,11-13,20H2. The predicted molar refractivity (Wildman–Crippen MR) is 81.7 cm³/mol. The lowest BCUT2D eigenvalue weighted by atomic mass is 10.1. The molecular weight excluding hydrogens is 263 g/mol. The summed E-state index contributed by atoms with van der Waals surface area (Å²) in [6, 6.07) is 13.5. The maximum Gasteiger partial charge on any atom is 0.128 e. The van der Waals surface area contributed by atoms with Gasteiger partial charge in [-0.25, -0.2) is 4.39 Å². The fourth-order valence-electron chi connectivity index (χ4n) is 2.66. The van der Waals surface area contributed by atoms with Gasteiger partial charge in [0.05, 0.1) is 6.54 Å². The highest BCUT2D eigenvalue weighted by Gasteiger charge is 2.19. The second kappa shape index (κ2) is 6.09. The highest BCUT2D eigenvalue weighted by molar-refractivity contribution is 5.37. The molecule has 1 heterocycles. The number of rotatable bonds is 2. The Kier molecular flexibility index (Phi) is 4.01. The van der Waals surface area contributed by atoms with Gasteiger partial charge in [-0.15, -0.1) is 0 Å². The molecular formula is C18H17FN2. The van der Waals surface area contributed by atoms with E-state index >= 15 is 0 Å². The van der Waals surface area contributed by atoms with Crippen molar-refractivity contribution in [2.75, 3.05) is 6.54 Å². The summed E-state index contributed by atoms with van der Waals surface area (Å²) in [5, 5.41) is 0. The third-order valence-electron chi connectivity index (χ3n) is 3.69. The zero-order valence-electron chi connectivity index (χ0n) is 11.8. The molecule has 0 saturated heterocycles. The Bertz CT molecular complexity index is 688. The summed E-state index contributed by atoms with van der Waals surface area (Å²) in [7, 11) is 0. The van der Waals surface area contributed by atoms with E-state index in [-0.39, 0.29) is 12.4 Å². The summed E-state index contributed by atoms with van der Waals surface area (Å²) in [6.07, 6.45) is 0. The van der Waals surface area contributed by atoms with Crippen LogP contribution in [0.3, 0.4) is 0 Å². The van der Waals surface area contributed by atoms with Gasteiger partial charge in [-0.3, -0.25) is 4.90 Å². The van der Waals surface area contributed by atoms with Crippen LogP contribution in [-0.4, -0.2) is 11.4 Å². The number of nitrogens with two attached hydrogens (primary N) is 1. The van der Waals surface area contributed by atoms with E-state index in [0.717, 1.165) is 13.1 Å². The van der Waals surface area contributed by atoms with Gasteiger partial charge < -0.3 is 5.73 Å². The molecule has 2 N–H and O–H groups in total. The first-order valence-corrected chi connectivity index (χ1v) is 7.03. The van der Waals surface area contributed by atoms with Crippen LogP contribution < -0.4 is 5.73 Å². The zero-order valence-corrected chi connectivity index (χ0v) is 11.8. The SMILES string of the molecule is NCC#Cc1ccc(CN2Cc3ccccc3C2)c(F)c1. The summed E-state index contributed by atoms with van der Waals surface area (Å²) in [5.41, 5.74) is 9.38. The van der Waals surface area contributed by atoms with Crippen molar-refractivity contribution in [2.45, 2.75) is 19.6 Å². The molecule has 0 aromatic heterocycles. The second-order valence-electron chi connectivity index (χ2n) is 5.23. The van der Waals surface area contributed by atoms with Gasteiger partial charge in [-0.05, 0) is 23.3 Å². The second-order valence-corrected chi connectivity index (χ2v) is 5.23. The first-order chi connectivity index (χ1) is 10.3. The highest BCUT2D eigenvalue weighted by Crippen LogP contribution is 2.24. The van der Waals surface area contributed by atoms with E-state index in [1.807, 2.05) is 24.3 Å². The molecule has 3 heteroatoms. The van der Waals surface area contributed by atoms with Gasteiger partial charge >= 0.3 is 0 Å². The monoisotopic (exact) mass is 280 g/mol. The van der Waals surface area contributed by atoms with E-state index in [9.17, 15) is 4.39 Å². The van der Waals surface area contributed by atoms with Crippen molar-refractivity contribution in [2.24, 2.45) is 5.73 Å². The lowest BCUT2D eigenvalue weighted by molar-refractivity contribution is 0.271. The molecule has 0 aliphatic carbocycles. The number of hydrogen-bond acceptors (Lipinski definition) is 2. The molecule has 0 spiro atoms. The molecule has 1 aliphatic rings. The average molecular weight is 280 g/mol. The van der Waals surface area contributed by atoms with Crippen LogP contribution >= 0.6 is 0 Å². The molecule has 21 heavy (non-hydrogen) atoms. The first-order valence-electron chi connectivity index (χ1n) is 7.03. The van der Waals surface area contributed by atoms with E-state index in [1.54, 1.807) is 0 Å². The molecule has 2 aromatic carbocycles. The first kappa shape index (κ1) is 13.8. The van der Waals surface area contributed by atoms with Crippen LogP contribution in [0.2, 0.25) is 0 Å². The van der Waals surface area contributed by atoms with Crippen molar-refractivity contribution in [3.8, 4) is 11.8 Å². The molecule has 2 aromatic rings.